The van der Waals surface area contributed by atoms with Crippen molar-refractivity contribution in [3.05, 3.63) is 18.3 Å². The molecular formula is C16H27ClN4O3S. The molecule has 3 rings (SSSR count). The van der Waals surface area contributed by atoms with Crippen LogP contribution >= 0.6 is 12.4 Å². The van der Waals surface area contributed by atoms with Gasteiger partial charge in [0.25, 0.3) is 0 Å². The summed E-state index contributed by atoms with van der Waals surface area (Å²) in [5.74, 6) is 0.720. The fourth-order valence-corrected chi connectivity index (χ4v) is 4.52. The molecule has 2 aliphatic heterocycles. The van der Waals surface area contributed by atoms with Gasteiger partial charge in [-0.2, -0.15) is 4.31 Å². The van der Waals surface area contributed by atoms with Gasteiger partial charge in [0, 0.05) is 38.9 Å². The van der Waals surface area contributed by atoms with Crippen molar-refractivity contribution in [3.63, 3.8) is 0 Å². The molecule has 142 valence electrons. The van der Waals surface area contributed by atoms with Crippen molar-refractivity contribution in [2.45, 2.75) is 24.2 Å². The molecule has 0 unspecified atom stereocenters. The number of halogens is 1. The lowest BCUT2D eigenvalue weighted by Gasteiger charge is -2.26. The highest BCUT2D eigenvalue weighted by Crippen LogP contribution is 2.20. The Labute approximate surface area is 156 Å². The summed E-state index contributed by atoms with van der Waals surface area (Å²) in [5.41, 5.74) is 0. The van der Waals surface area contributed by atoms with Gasteiger partial charge in [-0.1, -0.05) is 0 Å². The number of rotatable bonds is 7. The summed E-state index contributed by atoms with van der Waals surface area (Å²) in [6.45, 7) is 6.74. The van der Waals surface area contributed by atoms with Crippen LogP contribution in [0.1, 0.15) is 19.3 Å². The third kappa shape index (κ3) is 5.52. The Kier molecular flexibility index (Phi) is 7.89. The molecule has 3 heterocycles. The zero-order valence-electron chi connectivity index (χ0n) is 14.4. The van der Waals surface area contributed by atoms with Gasteiger partial charge in [0.2, 0.25) is 10.0 Å². The van der Waals surface area contributed by atoms with Crippen LogP contribution in [0.15, 0.2) is 23.2 Å². The van der Waals surface area contributed by atoms with Crippen LogP contribution in [0, 0.1) is 0 Å². The number of morpholine rings is 1. The maximum absolute atomic E-state index is 12.4. The molecule has 0 spiro atoms. The van der Waals surface area contributed by atoms with E-state index in [1.165, 1.54) is 6.20 Å². The summed E-state index contributed by atoms with van der Waals surface area (Å²) in [6.07, 6.45) is 4.36. The lowest BCUT2D eigenvalue weighted by atomic mass is 10.3. The third-order valence-corrected chi connectivity index (χ3v) is 6.38. The minimum absolute atomic E-state index is 0. The fourth-order valence-electron chi connectivity index (χ4n) is 3.06. The number of sulfonamides is 1. The number of ether oxygens (including phenoxy) is 1. The van der Waals surface area contributed by atoms with Crippen molar-refractivity contribution < 1.29 is 13.2 Å². The largest absolute Gasteiger partial charge is 0.379 e. The fraction of sp³-hybridized carbons (Fsp3) is 0.688. The normalized spacial score (nSPS) is 19.5. The summed E-state index contributed by atoms with van der Waals surface area (Å²) < 4.78 is 31.7. The van der Waals surface area contributed by atoms with Crippen molar-refractivity contribution in [2.75, 3.05) is 57.8 Å². The van der Waals surface area contributed by atoms with Gasteiger partial charge in [-0.05, 0) is 37.9 Å². The van der Waals surface area contributed by atoms with Crippen LogP contribution in [0.3, 0.4) is 0 Å². The van der Waals surface area contributed by atoms with Gasteiger partial charge in [0.15, 0.2) is 0 Å². The van der Waals surface area contributed by atoms with Crippen molar-refractivity contribution in [1.82, 2.24) is 14.2 Å². The quantitative estimate of drug-likeness (QED) is 0.710. The van der Waals surface area contributed by atoms with Crippen LogP contribution in [0.25, 0.3) is 0 Å². The number of aromatic nitrogens is 1. The van der Waals surface area contributed by atoms with E-state index in [1.807, 2.05) is 0 Å². The summed E-state index contributed by atoms with van der Waals surface area (Å²) >= 11 is 0. The van der Waals surface area contributed by atoms with Crippen molar-refractivity contribution in [3.8, 4) is 0 Å². The highest BCUT2D eigenvalue weighted by molar-refractivity contribution is 7.89. The average Bonchev–Trinajstić information content (AvgIpc) is 3.16. The van der Waals surface area contributed by atoms with Crippen LogP contribution in [0.4, 0.5) is 5.82 Å². The molecule has 0 amide bonds. The SMILES string of the molecule is Cl.O=S(=O)(c1ccc(NCCCN2CCOCC2)nc1)N1CCCC1. The highest BCUT2D eigenvalue weighted by atomic mass is 35.5. The topological polar surface area (TPSA) is 74.8 Å². The summed E-state index contributed by atoms with van der Waals surface area (Å²) in [5, 5.41) is 3.25. The van der Waals surface area contributed by atoms with E-state index >= 15 is 0 Å². The lowest BCUT2D eigenvalue weighted by molar-refractivity contribution is 0.0378. The maximum Gasteiger partial charge on any atom is 0.244 e. The highest BCUT2D eigenvalue weighted by Gasteiger charge is 2.27. The van der Waals surface area contributed by atoms with E-state index < -0.39 is 10.0 Å². The molecule has 0 radical (unpaired) electrons. The predicted molar refractivity (Wildman–Crippen MR) is 99.8 cm³/mol. The molecule has 1 N–H and O–H groups in total. The van der Waals surface area contributed by atoms with E-state index in [0.29, 0.717) is 13.1 Å². The van der Waals surface area contributed by atoms with E-state index in [2.05, 4.69) is 15.2 Å². The first-order valence-corrected chi connectivity index (χ1v) is 10.1. The van der Waals surface area contributed by atoms with Crippen molar-refractivity contribution >= 4 is 28.2 Å². The number of nitrogens with zero attached hydrogens (tertiary/aromatic N) is 3. The molecule has 1 aromatic heterocycles. The summed E-state index contributed by atoms with van der Waals surface area (Å²) in [7, 11) is -3.37. The van der Waals surface area contributed by atoms with Crippen LogP contribution in [-0.4, -0.2) is 75.1 Å². The first-order chi connectivity index (χ1) is 11.7. The first-order valence-electron chi connectivity index (χ1n) is 8.66. The zero-order valence-corrected chi connectivity index (χ0v) is 16.0. The second-order valence-electron chi connectivity index (χ2n) is 6.22. The second-order valence-corrected chi connectivity index (χ2v) is 8.16. The Morgan fingerprint density at radius 2 is 1.84 bits per heavy atom. The van der Waals surface area contributed by atoms with E-state index in [9.17, 15) is 8.42 Å². The zero-order chi connectivity index (χ0) is 16.8. The molecule has 9 heteroatoms. The van der Waals surface area contributed by atoms with Crippen LogP contribution < -0.4 is 5.32 Å². The molecule has 7 nitrogen and oxygen atoms in total. The Balaban J connectivity index is 0.00000225. The molecule has 2 aliphatic rings. The number of pyridine rings is 1. The minimum Gasteiger partial charge on any atom is -0.379 e. The van der Waals surface area contributed by atoms with Gasteiger partial charge >= 0.3 is 0 Å². The Hall–Kier alpha value is -0.930. The molecule has 25 heavy (non-hydrogen) atoms. The average molecular weight is 391 g/mol. The Bertz CT molecular complexity index is 615. The van der Waals surface area contributed by atoms with Gasteiger partial charge in [-0.25, -0.2) is 13.4 Å². The molecule has 2 saturated heterocycles. The number of hydrogen-bond acceptors (Lipinski definition) is 6. The van der Waals surface area contributed by atoms with E-state index in [-0.39, 0.29) is 17.3 Å². The molecule has 1 aromatic rings. The Morgan fingerprint density at radius 3 is 2.48 bits per heavy atom. The van der Waals surface area contributed by atoms with Gasteiger partial charge in [-0.3, -0.25) is 4.90 Å². The maximum atomic E-state index is 12.4. The van der Waals surface area contributed by atoms with E-state index in [4.69, 9.17) is 4.74 Å². The van der Waals surface area contributed by atoms with Crippen LogP contribution in [-0.2, 0) is 14.8 Å². The van der Waals surface area contributed by atoms with E-state index in [0.717, 1.165) is 64.5 Å². The van der Waals surface area contributed by atoms with E-state index in [1.54, 1.807) is 16.4 Å². The Morgan fingerprint density at radius 1 is 1.12 bits per heavy atom. The molecular weight excluding hydrogens is 364 g/mol. The van der Waals surface area contributed by atoms with Crippen molar-refractivity contribution in [2.24, 2.45) is 0 Å². The molecule has 2 fully saturated rings. The minimum atomic E-state index is -3.37. The molecule has 0 atom stereocenters. The molecule has 0 aliphatic carbocycles. The summed E-state index contributed by atoms with van der Waals surface area (Å²) in [6, 6.07) is 3.39. The van der Waals surface area contributed by atoms with Crippen LogP contribution in [0.5, 0.6) is 0 Å². The predicted octanol–water partition coefficient (Wildman–Crippen LogP) is 1.42. The van der Waals surface area contributed by atoms with Gasteiger partial charge in [0.1, 0.15) is 10.7 Å². The summed E-state index contributed by atoms with van der Waals surface area (Å²) in [4.78, 5) is 6.92. The molecule has 0 aromatic carbocycles. The third-order valence-electron chi connectivity index (χ3n) is 4.50. The van der Waals surface area contributed by atoms with Gasteiger partial charge < -0.3 is 10.1 Å². The lowest BCUT2D eigenvalue weighted by Crippen LogP contribution is -2.37. The first kappa shape index (κ1) is 20.4. The number of hydrogen-bond donors (Lipinski definition) is 1. The van der Waals surface area contributed by atoms with Crippen molar-refractivity contribution in [1.29, 1.82) is 0 Å². The second kappa shape index (κ2) is 9.68. The standard InChI is InChI=1S/C16H26N4O3S.ClH/c21-24(22,20-8-1-2-9-20)15-4-5-16(18-14-15)17-6-3-7-19-10-12-23-13-11-19;/h4-5,14H,1-3,6-13H2,(H,17,18);1H. The monoisotopic (exact) mass is 390 g/mol. The van der Waals surface area contributed by atoms with Crippen LogP contribution in [0.2, 0.25) is 0 Å². The molecule has 0 bridgehead atoms. The number of anilines is 1. The number of nitrogens with one attached hydrogen (secondary N) is 1. The smallest absolute Gasteiger partial charge is 0.244 e. The van der Waals surface area contributed by atoms with Gasteiger partial charge in [0.05, 0.1) is 13.2 Å². The molecule has 0 saturated carbocycles. The van der Waals surface area contributed by atoms with Gasteiger partial charge in [-0.15, -0.1) is 12.4 Å².